The molecule has 0 radical (unpaired) electrons. The highest BCUT2D eigenvalue weighted by Crippen LogP contribution is 2.23. The van der Waals surface area contributed by atoms with Gasteiger partial charge in [-0.1, -0.05) is 18.2 Å². The third-order valence-corrected chi connectivity index (χ3v) is 2.96. The molecule has 0 aliphatic carbocycles. The van der Waals surface area contributed by atoms with Gasteiger partial charge in [0.05, 0.1) is 0 Å². The summed E-state index contributed by atoms with van der Waals surface area (Å²) in [5, 5.41) is 3.05. The van der Waals surface area contributed by atoms with Crippen LogP contribution in [0.4, 0.5) is 5.95 Å². The molecule has 4 heteroatoms. The van der Waals surface area contributed by atoms with Crippen LogP contribution >= 0.6 is 0 Å². The monoisotopic (exact) mass is 265 g/mol. The van der Waals surface area contributed by atoms with Crippen LogP contribution in [0.5, 0.6) is 11.5 Å². The molecule has 1 aromatic heterocycles. The molecular formula is C16H15N3O. The molecule has 1 heterocycles. The van der Waals surface area contributed by atoms with Gasteiger partial charge in [-0.05, 0) is 36.4 Å². The van der Waals surface area contributed by atoms with Gasteiger partial charge in [-0.25, -0.2) is 4.98 Å². The van der Waals surface area contributed by atoms with Crippen LogP contribution in [0.3, 0.4) is 0 Å². The number of hydrogen-bond donors (Lipinski definition) is 1. The number of aromatic nitrogens is 2. The number of anilines is 1. The fourth-order valence-corrected chi connectivity index (χ4v) is 2.00. The van der Waals surface area contributed by atoms with Gasteiger partial charge < -0.3 is 10.1 Å². The molecule has 20 heavy (non-hydrogen) atoms. The van der Waals surface area contributed by atoms with E-state index in [1.54, 1.807) is 6.20 Å². The van der Waals surface area contributed by atoms with Crippen molar-refractivity contribution in [3.63, 3.8) is 0 Å². The molecule has 0 saturated carbocycles. The van der Waals surface area contributed by atoms with Crippen molar-refractivity contribution in [2.75, 3.05) is 12.4 Å². The molecule has 0 unspecified atom stereocenters. The van der Waals surface area contributed by atoms with E-state index in [4.69, 9.17) is 4.74 Å². The Kier molecular flexibility index (Phi) is 3.37. The maximum absolute atomic E-state index is 5.77. The summed E-state index contributed by atoms with van der Waals surface area (Å²) >= 11 is 0. The first-order chi connectivity index (χ1) is 9.86. The van der Waals surface area contributed by atoms with Crippen molar-refractivity contribution in [2.45, 2.75) is 0 Å². The third-order valence-electron chi connectivity index (χ3n) is 2.96. The summed E-state index contributed by atoms with van der Waals surface area (Å²) in [7, 11) is 1.85. The fourth-order valence-electron chi connectivity index (χ4n) is 2.00. The molecule has 0 atom stereocenters. The van der Waals surface area contributed by atoms with Gasteiger partial charge >= 0.3 is 0 Å². The van der Waals surface area contributed by atoms with Gasteiger partial charge in [-0.3, -0.25) is 4.57 Å². The first-order valence-electron chi connectivity index (χ1n) is 6.41. The van der Waals surface area contributed by atoms with Crippen molar-refractivity contribution in [3.8, 4) is 17.2 Å². The van der Waals surface area contributed by atoms with Gasteiger partial charge in [-0.15, -0.1) is 0 Å². The molecule has 0 aliphatic rings. The Balaban J connectivity index is 1.81. The minimum absolute atomic E-state index is 0.807. The highest BCUT2D eigenvalue weighted by molar-refractivity contribution is 5.44. The van der Waals surface area contributed by atoms with E-state index in [0.717, 1.165) is 23.1 Å². The Labute approximate surface area is 117 Å². The van der Waals surface area contributed by atoms with Gasteiger partial charge in [0.2, 0.25) is 5.95 Å². The van der Waals surface area contributed by atoms with Crippen molar-refractivity contribution < 1.29 is 4.74 Å². The molecule has 0 aliphatic heterocycles. The molecule has 0 saturated heterocycles. The largest absolute Gasteiger partial charge is 0.457 e. The summed E-state index contributed by atoms with van der Waals surface area (Å²) in [6, 6.07) is 17.6. The van der Waals surface area contributed by atoms with Crippen LogP contribution in [0.2, 0.25) is 0 Å². The predicted molar refractivity (Wildman–Crippen MR) is 79.6 cm³/mol. The quantitative estimate of drug-likeness (QED) is 0.781. The first-order valence-corrected chi connectivity index (χ1v) is 6.41. The molecule has 4 nitrogen and oxygen atoms in total. The van der Waals surface area contributed by atoms with Crippen molar-refractivity contribution in [2.24, 2.45) is 0 Å². The molecule has 0 spiro atoms. The number of nitrogens with one attached hydrogen (secondary N) is 1. The van der Waals surface area contributed by atoms with Crippen LogP contribution in [0.25, 0.3) is 5.69 Å². The van der Waals surface area contributed by atoms with Gasteiger partial charge in [-0.2, -0.15) is 0 Å². The van der Waals surface area contributed by atoms with Crippen LogP contribution in [0.1, 0.15) is 0 Å². The van der Waals surface area contributed by atoms with Gasteiger partial charge in [0, 0.05) is 25.1 Å². The normalized spacial score (nSPS) is 10.2. The molecule has 3 aromatic rings. The number of para-hydroxylation sites is 1. The van der Waals surface area contributed by atoms with Crippen LogP contribution in [0, 0.1) is 0 Å². The van der Waals surface area contributed by atoms with Crippen LogP contribution in [-0.4, -0.2) is 16.6 Å². The second-order valence-corrected chi connectivity index (χ2v) is 4.28. The Morgan fingerprint density at radius 2 is 1.65 bits per heavy atom. The number of hydrogen-bond acceptors (Lipinski definition) is 3. The lowest BCUT2D eigenvalue weighted by atomic mass is 10.3. The zero-order chi connectivity index (χ0) is 13.8. The molecule has 0 bridgehead atoms. The molecule has 0 amide bonds. The topological polar surface area (TPSA) is 39.1 Å². The number of rotatable bonds is 4. The average molecular weight is 265 g/mol. The molecule has 1 N–H and O–H groups in total. The number of imidazole rings is 1. The second kappa shape index (κ2) is 5.48. The number of ether oxygens (including phenoxy) is 1. The van der Waals surface area contributed by atoms with Crippen LogP contribution in [-0.2, 0) is 0 Å². The standard InChI is InChI=1S/C16H15N3O/c1-17-16-18-11-12-19(16)13-7-9-15(10-8-13)20-14-5-3-2-4-6-14/h2-12H,1H3,(H,17,18). The summed E-state index contributed by atoms with van der Waals surface area (Å²) in [5.41, 5.74) is 1.03. The summed E-state index contributed by atoms with van der Waals surface area (Å²) in [6.07, 6.45) is 3.68. The Morgan fingerprint density at radius 1 is 0.950 bits per heavy atom. The molecular weight excluding hydrogens is 250 g/mol. The minimum Gasteiger partial charge on any atom is -0.457 e. The Morgan fingerprint density at radius 3 is 2.35 bits per heavy atom. The fraction of sp³-hybridized carbons (Fsp3) is 0.0625. The first kappa shape index (κ1) is 12.3. The smallest absolute Gasteiger partial charge is 0.207 e. The lowest BCUT2D eigenvalue weighted by Gasteiger charge is -2.09. The van der Waals surface area contributed by atoms with E-state index >= 15 is 0 Å². The predicted octanol–water partition coefficient (Wildman–Crippen LogP) is 3.71. The highest BCUT2D eigenvalue weighted by Gasteiger charge is 2.03. The summed E-state index contributed by atoms with van der Waals surface area (Å²) in [4.78, 5) is 4.22. The van der Waals surface area contributed by atoms with Crippen molar-refractivity contribution >= 4 is 5.95 Å². The van der Waals surface area contributed by atoms with E-state index in [1.807, 2.05) is 72.4 Å². The Bertz CT molecular complexity index is 674. The Hall–Kier alpha value is -2.75. The van der Waals surface area contributed by atoms with Crippen LogP contribution in [0.15, 0.2) is 67.0 Å². The number of benzene rings is 2. The molecule has 0 fully saturated rings. The van der Waals surface area contributed by atoms with E-state index in [9.17, 15) is 0 Å². The second-order valence-electron chi connectivity index (χ2n) is 4.28. The SMILES string of the molecule is CNc1nccn1-c1ccc(Oc2ccccc2)cc1. The maximum atomic E-state index is 5.77. The van der Waals surface area contributed by atoms with Crippen molar-refractivity contribution in [3.05, 3.63) is 67.0 Å². The summed E-state index contributed by atoms with van der Waals surface area (Å²) in [5.74, 6) is 2.45. The molecule has 100 valence electrons. The van der Waals surface area contributed by atoms with E-state index in [1.165, 1.54) is 0 Å². The van der Waals surface area contributed by atoms with E-state index < -0.39 is 0 Å². The maximum Gasteiger partial charge on any atom is 0.207 e. The zero-order valence-corrected chi connectivity index (χ0v) is 11.2. The zero-order valence-electron chi connectivity index (χ0n) is 11.2. The number of nitrogens with zero attached hydrogens (tertiary/aromatic N) is 2. The van der Waals surface area contributed by atoms with E-state index in [-0.39, 0.29) is 0 Å². The molecule has 3 rings (SSSR count). The lowest BCUT2D eigenvalue weighted by molar-refractivity contribution is 0.482. The third kappa shape index (κ3) is 2.49. The average Bonchev–Trinajstić information content (AvgIpc) is 2.98. The molecule has 2 aromatic carbocycles. The summed E-state index contributed by atoms with van der Waals surface area (Å²) in [6.45, 7) is 0. The minimum atomic E-state index is 0.807. The van der Waals surface area contributed by atoms with Crippen molar-refractivity contribution in [1.29, 1.82) is 0 Å². The summed E-state index contributed by atoms with van der Waals surface area (Å²) < 4.78 is 7.75. The van der Waals surface area contributed by atoms with Crippen LogP contribution < -0.4 is 10.1 Å². The lowest BCUT2D eigenvalue weighted by Crippen LogP contribution is -2.00. The van der Waals surface area contributed by atoms with Crippen molar-refractivity contribution in [1.82, 2.24) is 9.55 Å². The van der Waals surface area contributed by atoms with Gasteiger partial charge in [0.25, 0.3) is 0 Å². The van der Waals surface area contributed by atoms with Gasteiger partial charge in [0.1, 0.15) is 11.5 Å². The van der Waals surface area contributed by atoms with E-state index in [0.29, 0.717) is 0 Å². The highest BCUT2D eigenvalue weighted by atomic mass is 16.5. The van der Waals surface area contributed by atoms with Gasteiger partial charge in [0.15, 0.2) is 0 Å². The van der Waals surface area contributed by atoms with E-state index in [2.05, 4.69) is 10.3 Å².